The van der Waals surface area contributed by atoms with Crippen LogP contribution in [0.15, 0.2) is 67.0 Å². The zero-order valence-electron chi connectivity index (χ0n) is 13.2. The number of rotatable bonds is 5. The van der Waals surface area contributed by atoms with Gasteiger partial charge in [-0.3, -0.25) is 0 Å². The molecule has 0 aliphatic carbocycles. The van der Waals surface area contributed by atoms with Gasteiger partial charge in [0.1, 0.15) is 5.75 Å². The van der Waals surface area contributed by atoms with Gasteiger partial charge in [-0.05, 0) is 30.2 Å². The summed E-state index contributed by atoms with van der Waals surface area (Å²) >= 11 is 0. The van der Waals surface area contributed by atoms with E-state index in [0.29, 0.717) is 5.95 Å². The summed E-state index contributed by atoms with van der Waals surface area (Å²) in [5.41, 5.74) is 3.24. The van der Waals surface area contributed by atoms with Gasteiger partial charge in [0.2, 0.25) is 5.95 Å². The molecule has 1 heterocycles. The number of aromatic nitrogens is 2. The van der Waals surface area contributed by atoms with E-state index in [1.807, 2.05) is 54.9 Å². The lowest BCUT2D eigenvalue weighted by Crippen LogP contribution is -2.09. The average molecular weight is 305 g/mol. The monoisotopic (exact) mass is 305 g/mol. The summed E-state index contributed by atoms with van der Waals surface area (Å²) in [6.07, 6.45) is 3.66. The maximum absolute atomic E-state index is 5.17. The predicted octanol–water partition coefficient (Wildman–Crippen LogP) is 4.33. The fraction of sp³-hybridized carbons (Fsp3) is 0.158. The van der Waals surface area contributed by atoms with Gasteiger partial charge >= 0.3 is 0 Å². The number of hydrogen-bond acceptors (Lipinski definition) is 4. The molecule has 0 aliphatic heterocycles. The molecule has 0 spiro atoms. The Balaban J connectivity index is 1.71. The standard InChI is InChI=1S/C19H19N3O/c1-14(15-6-4-3-5-7-15)22-19-20-12-17(13-21-19)16-8-10-18(23-2)11-9-16/h3-14H,1-2H3,(H,20,21,22). The van der Waals surface area contributed by atoms with Crippen molar-refractivity contribution in [2.75, 3.05) is 12.4 Å². The van der Waals surface area contributed by atoms with Crippen LogP contribution in [0.5, 0.6) is 5.75 Å². The molecule has 0 aliphatic rings. The van der Waals surface area contributed by atoms with E-state index in [-0.39, 0.29) is 6.04 Å². The molecule has 0 saturated carbocycles. The molecule has 3 rings (SSSR count). The molecule has 0 radical (unpaired) electrons. The van der Waals surface area contributed by atoms with Crippen molar-refractivity contribution in [1.82, 2.24) is 9.97 Å². The number of nitrogens with zero attached hydrogens (tertiary/aromatic N) is 2. The van der Waals surface area contributed by atoms with Crippen LogP contribution >= 0.6 is 0 Å². The van der Waals surface area contributed by atoms with Crippen molar-refractivity contribution >= 4 is 5.95 Å². The van der Waals surface area contributed by atoms with E-state index in [9.17, 15) is 0 Å². The third kappa shape index (κ3) is 3.66. The minimum absolute atomic E-state index is 0.156. The Morgan fingerprint density at radius 3 is 2.13 bits per heavy atom. The van der Waals surface area contributed by atoms with E-state index < -0.39 is 0 Å². The number of methoxy groups -OCH3 is 1. The molecule has 0 amide bonds. The molecule has 4 heteroatoms. The van der Waals surface area contributed by atoms with E-state index >= 15 is 0 Å². The van der Waals surface area contributed by atoms with Crippen molar-refractivity contribution in [3.63, 3.8) is 0 Å². The van der Waals surface area contributed by atoms with E-state index in [0.717, 1.165) is 16.9 Å². The first-order chi connectivity index (χ1) is 11.3. The van der Waals surface area contributed by atoms with Gasteiger partial charge in [0.25, 0.3) is 0 Å². The molecule has 0 fully saturated rings. The zero-order chi connectivity index (χ0) is 16.1. The fourth-order valence-corrected chi connectivity index (χ4v) is 2.35. The molecule has 0 saturated heterocycles. The maximum Gasteiger partial charge on any atom is 0.223 e. The topological polar surface area (TPSA) is 47.0 Å². The lowest BCUT2D eigenvalue weighted by Gasteiger charge is -2.14. The summed E-state index contributed by atoms with van der Waals surface area (Å²) in [4.78, 5) is 8.82. The van der Waals surface area contributed by atoms with Crippen molar-refractivity contribution in [3.05, 3.63) is 72.6 Å². The summed E-state index contributed by atoms with van der Waals surface area (Å²) in [7, 11) is 1.66. The highest BCUT2D eigenvalue weighted by atomic mass is 16.5. The van der Waals surface area contributed by atoms with Crippen LogP contribution in [0.3, 0.4) is 0 Å². The Kier molecular flexibility index (Phi) is 4.52. The third-order valence-electron chi connectivity index (χ3n) is 3.72. The molecule has 0 bridgehead atoms. The molecular formula is C19H19N3O. The van der Waals surface area contributed by atoms with E-state index in [4.69, 9.17) is 4.74 Å². The number of nitrogens with one attached hydrogen (secondary N) is 1. The minimum Gasteiger partial charge on any atom is -0.497 e. The van der Waals surface area contributed by atoms with Gasteiger partial charge in [-0.25, -0.2) is 9.97 Å². The fourth-order valence-electron chi connectivity index (χ4n) is 2.35. The van der Waals surface area contributed by atoms with Crippen LogP contribution in [0.1, 0.15) is 18.5 Å². The van der Waals surface area contributed by atoms with Gasteiger partial charge in [0.05, 0.1) is 13.2 Å². The molecule has 23 heavy (non-hydrogen) atoms. The van der Waals surface area contributed by atoms with Crippen LogP contribution in [0.4, 0.5) is 5.95 Å². The van der Waals surface area contributed by atoms with Gasteiger partial charge in [0, 0.05) is 18.0 Å². The Morgan fingerprint density at radius 1 is 0.870 bits per heavy atom. The lowest BCUT2D eigenvalue weighted by molar-refractivity contribution is 0.415. The highest BCUT2D eigenvalue weighted by molar-refractivity contribution is 5.62. The second-order valence-electron chi connectivity index (χ2n) is 5.30. The summed E-state index contributed by atoms with van der Waals surface area (Å²) in [6.45, 7) is 2.09. The van der Waals surface area contributed by atoms with Crippen LogP contribution < -0.4 is 10.1 Å². The Morgan fingerprint density at radius 2 is 1.52 bits per heavy atom. The summed E-state index contributed by atoms with van der Waals surface area (Å²) < 4.78 is 5.17. The van der Waals surface area contributed by atoms with E-state index in [1.165, 1.54) is 5.56 Å². The molecular weight excluding hydrogens is 286 g/mol. The van der Waals surface area contributed by atoms with Crippen molar-refractivity contribution in [3.8, 4) is 16.9 Å². The van der Waals surface area contributed by atoms with Gasteiger partial charge in [-0.2, -0.15) is 0 Å². The number of benzene rings is 2. The number of hydrogen-bond donors (Lipinski definition) is 1. The highest BCUT2D eigenvalue weighted by Gasteiger charge is 2.07. The summed E-state index contributed by atoms with van der Waals surface area (Å²) in [5.74, 6) is 1.46. The van der Waals surface area contributed by atoms with Gasteiger partial charge in [-0.15, -0.1) is 0 Å². The van der Waals surface area contributed by atoms with Crippen LogP contribution in [0.25, 0.3) is 11.1 Å². The van der Waals surface area contributed by atoms with Crippen molar-refractivity contribution < 1.29 is 4.74 Å². The van der Waals surface area contributed by atoms with Crippen LogP contribution in [-0.4, -0.2) is 17.1 Å². The maximum atomic E-state index is 5.17. The summed E-state index contributed by atoms with van der Waals surface area (Å²) in [6, 6.07) is 18.3. The molecule has 1 atom stereocenters. The Labute approximate surface area is 136 Å². The largest absolute Gasteiger partial charge is 0.497 e. The Bertz CT molecular complexity index is 740. The Hall–Kier alpha value is -2.88. The SMILES string of the molecule is COc1ccc(-c2cnc(NC(C)c3ccccc3)nc2)cc1. The first-order valence-electron chi connectivity index (χ1n) is 7.54. The van der Waals surface area contributed by atoms with Crippen molar-refractivity contribution in [2.45, 2.75) is 13.0 Å². The van der Waals surface area contributed by atoms with Gasteiger partial charge in [0.15, 0.2) is 0 Å². The molecule has 116 valence electrons. The molecule has 3 aromatic rings. The normalized spacial score (nSPS) is 11.7. The van der Waals surface area contributed by atoms with Gasteiger partial charge < -0.3 is 10.1 Å². The second-order valence-corrected chi connectivity index (χ2v) is 5.30. The molecule has 1 aromatic heterocycles. The number of ether oxygens (including phenoxy) is 1. The summed E-state index contributed by atoms with van der Waals surface area (Å²) in [5, 5.41) is 3.31. The van der Waals surface area contributed by atoms with Crippen molar-refractivity contribution in [2.24, 2.45) is 0 Å². The predicted molar refractivity (Wildman–Crippen MR) is 92.5 cm³/mol. The zero-order valence-corrected chi connectivity index (χ0v) is 13.2. The molecule has 4 nitrogen and oxygen atoms in total. The highest BCUT2D eigenvalue weighted by Crippen LogP contribution is 2.22. The van der Waals surface area contributed by atoms with Crippen LogP contribution in [0.2, 0.25) is 0 Å². The second kappa shape index (κ2) is 6.92. The molecule has 1 N–H and O–H groups in total. The number of anilines is 1. The van der Waals surface area contributed by atoms with Crippen LogP contribution in [0, 0.1) is 0 Å². The van der Waals surface area contributed by atoms with Crippen LogP contribution in [-0.2, 0) is 0 Å². The average Bonchev–Trinajstić information content (AvgIpc) is 2.63. The molecule has 1 unspecified atom stereocenters. The van der Waals surface area contributed by atoms with Gasteiger partial charge in [-0.1, -0.05) is 42.5 Å². The first kappa shape index (κ1) is 15.0. The van der Waals surface area contributed by atoms with E-state index in [2.05, 4.69) is 34.3 Å². The first-order valence-corrected chi connectivity index (χ1v) is 7.54. The smallest absolute Gasteiger partial charge is 0.223 e. The quantitative estimate of drug-likeness (QED) is 0.762. The molecule has 2 aromatic carbocycles. The van der Waals surface area contributed by atoms with E-state index in [1.54, 1.807) is 7.11 Å². The lowest BCUT2D eigenvalue weighted by atomic mass is 10.1. The minimum atomic E-state index is 0.156. The third-order valence-corrected chi connectivity index (χ3v) is 3.72. The van der Waals surface area contributed by atoms with Crippen molar-refractivity contribution in [1.29, 1.82) is 0 Å².